The Morgan fingerprint density at radius 1 is 1.19 bits per heavy atom. The van der Waals surface area contributed by atoms with Crippen LogP contribution in [0.5, 0.6) is 0 Å². The number of aliphatic carboxylic acids is 1. The van der Waals surface area contributed by atoms with E-state index >= 15 is 0 Å². The standard InChI is InChI=1S/C17H23NO3/c1-12-7-9-14(10-8-12)16(19)18-11-15(17(20)21)13-5-3-2-4-6-13/h2-6,12,14-15H,7-11H2,1H3,(H,18,19)(H,20,21). The average Bonchev–Trinajstić information content (AvgIpc) is 2.48. The van der Waals surface area contributed by atoms with Gasteiger partial charge in [-0.1, -0.05) is 37.3 Å². The van der Waals surface area contributed by atoms with E-state index < -0.39 is 11.9 Å². The average molecular weight is 289 g/mol. The molecular formula is C17H23NO3. The van der Waals surface area contributed by atoms with Crippen LogP contribution in [-0.4, -0.2) is 23.5 Å². The van der Waals surface area contributed by atoms with Gasteiger partial charge >= 0.3 is 5.97 Å². The highest BCUT2D eigenvalue weighted by molar-refractivity contribution is 5.81. The predicted octanol–water partition coefficient (Wildman–Crippen LogP) is 2.80. The highest BCUT2D eigenvalue weighted by atomic mass is 16.4. The topological polar surface area (TPSA) is 66.4 Å². The van der Waals surface area contributed by atoms with Crippen LogP contribution in [0.25, 0.3) is 0 Å². The van der Waals surface area contributed by atoms with Crippen molar-refractivity contribution in [1.29, 1.82) is 0 Å². The van der Waals surface area contributed by atoms with E-state index in [2.05, 4.69) is 12.2 Å². The second-order valence-electron chi connectivity index (χ2n) is 6.00. The van der Waals surface area contributed by atoms with Gasteiger partial charge in [0.05, 0.1) is 5.92 Å². The summed E-state index contributed by atoms with van der Waals surface area (Å²) in [5.41, 5.74) is 0.725. The minimum absolute atomic E-state index is 0.00378. The molecule has 1 unspecified atom stereocenters. The normalized spacial score (nSPS) is 23.3. The fourth-order valence-corrected chi connectivity index (χ4v) is 2.90. The number of carbonyl (C=O) groups excluding carboxylic acids is 1. The van der Waals surface area contributed by atoms with Gasteiger partial charge in [0, 0.05) is 12.5 Å². The maximum Gasteiger partial charge on any atom is 0.312 e. The fraction of sp³-hybridized carbons (Fsp3) is 0.529. The Bertz CT molecular complexity index is 478. The highest BCUT2D eigenvalue weighted by Gasteiger charge is 2.26. The van der Waals surface area contributed by atoms with Crippen molar-refractivity contribution in [3.63, 3.8) is 0 Å². The summed E-state index contributed by atoms with van der Waals surface area (Å²) >= 11 is 0. The summed E-state index contributed by atoms with van der Waals surface area (Å²) in [6.07, 6.45) is 3.99. The quantitative estimate of drug-likeness (QED) is 0.876. The van der Waals surface area contributed by atoms with Gasteiger partial charge in [0.25, 0.3) is 0 Å². The summed E-state index contributed by atoms with van der Waals surface area (Å²) in [4.78, 5) is 23.5. The maximum absolute atomic E-state index is 12.2. The van der Waals surface area contributed by atoms with E-state index in [1.807, 2.05) is 18.2 Å². The zero-order valence-electron chi connectivity index (χ0n) is 12.4. The Morgan fingerprint density at radius 3 is 2.38 bits per heavy atom. The molecule has 1 aliphatic rings. The zero-order valence-corrected chi connectivity index (χ0v) is 12.4. The molecule has 0 spiro atoms. The monoisotopic (exact) mass is 289 g/mol. The molecular weight excluding hydrogens is 266 g/mol. The lowest BCUT2D eigenvalue weighted by atomic mass is 9.82. The van der Waals surface area contributed by atoms with Gasteiger partial charge in [0.2, 0.25) is 5.91 Å². The smallest absolute Gasteiger partial charge is 0.312 e. The van der Waals surface area contributed by atoms with Crippen LogP contribution in [0.3, 0.4) is 0 Å². The molecule has 21 heavy (non-hydrogen) atoms. The van der Waals surface area contributed by atoms with E-state index in [1.165, 1.54) is 0 Å². The minimum atomic E-state index is -0.904. The van der Waals surface area contributed by atoms with Crippen molar-refractivity contribution >= 4 is 11.9 Å². The molecule has 0 radical (unpaired) electrons. The third-order valence-electron chi connectivity index (χ3n) is 4.37. The van der Waals surface area contributed by atoms with Gasteiger partial charge in [-0.3, -0.25) is 9.59 Å². The Morgan fingerprint density at radius 2 is 1.81 bits per heavy atom. The summed E-state index contributed by atoms with van der Waals surface area (Å²) < 4.78 is 0. The summed E-state index contributed by atoms with van der Waals surface area (Å²) in [6, 6.07) is 9.05. The van der Waals surface area contributed by atoms with Gasteiger partial charge in [0.15, 0.2) is 0 Å². The van der Waals surface area contributed by atoms with E-state index in [-0.39, 0.29) is 18.4 Å². The van der Waals surface area contributed by atoms with E-state index in [4.69, 9.17) is 0 Å². The fourth-order valence-electron chi connectivity index (χ4n) is 2.90. The number of benzene rings is 1. The molecule has 1 aromatic rings. The van der Waals surface area contributed by atoms with Gasteiger partial charge in [-0.25, -0.2) is 0 Å². The summed E-state index contributed by atoms with van der Waals surface area (Å²) in [5.74, 6) is -0.836. The largest absolute Gasteiger partial charge is 0.481 e. The molecule has 2 rings (SSSR count). The zero-order chi connectivity index (χ0) is 15.2. The van der Waals surface area contributed by atoms with E-state index in [1.54, 1.807) is 12.1 Å². The molecule has 0 bridgehead atoms. The molecule has 2 N–H and O–H groups in total. The summed E-state index contributed by atoms with van der Waals surface area (Å²) in [7, 11) is 0. The van der Waals surface area contributed by atoms with Crippen molar-refractivity contribution in [3.8, 4) is 0 Å². The molecule has 1 amide bonds. The number of amides is 1. The number of nitrogens with one attached hydrogen (secondary N) is 1. The predicted molar refractivity (Wildman–Crippen MR) is 81.0 cm³/mol. The molecule has 1 atom stereocenters. The lowest BCUT2D eigenvalue weighted by molar-refractivity contribution is -0.138. The first-order chi connectivity index (χ1) is 10.1. The molecule has 114 valence electrons. The SMILES string of the molecule is CC1CCC(C(=O)NCC(C(=O)O)c2ccccc2)CC1. The molecule has 4 heteroatoms. The second kappa shape index (κ2) is 7.25. The Balaban J connectivity index is 1.90. The van der Waals surface area contributed by atoms with Gasteiger partial charge in [-0.05, 0) is 37.2 Å². The van der Waals surface area contributed by atoms with Gasteiger partial charge < -0.3 is 10.4 Å². The van der Waals surface area contributed by atoms with Crippen molar-refractivity contribution in [1.82, 2.24) is 5.32 Å². The molecule has 0 saturated heterocycles. The minimum Gasteiger partial charge on any atom is -0.481 e. The van der Waals surface area contributed by atoms with E-state index in [0.29, 0.717) is 5.92 Å². The number of carbonyl (C=O) groups is 2. The molecule has 1 aromatic carbocycles. The Hall–Kier alpha value is -1.84. The molecule has 0 aliphatic heterocycles. The molecule has 0 heterocycles. The van der Waals surface area contributed by atoms with Crippen molar-refractivity contribution in [2.75, 3.05) is 6.54 Å². The van der Waals surface area contributed by atoms with Crippen LogP contribution in [-0.2, 0) is 9.59 Å². The first kappa shape index (κ1) is 15.5. The van der Waals surface area contributed by atoms with Crippen LogP contribution < -0.4 is 5.32 Å². The first-order valence-electron chi connectivity index (χ1n) is 7.63. The lowest BCUT2D eigenvalue weighted by Crippen LogP contribution is -2.37. The summed E-state index contributed by atoms with van der Waals surface area (Å²) in [6.45, 7) is 2.37. The van der Waals surface area contributed by atoms with Gasteiger partial charge in [-0.2, -0.15) is 0 Å². The second-order valence-corrected chi connectivity index (χ2v) is 6.00. The van der Waals surface area contributed by atoms with Crippen molar-refractivity contribution in [2.24, 2.45) is 11.8 Å². The number of carboxylic acids is 1. The molecule has 1 fully saturated rings. The van der Waals surface area contributed by atoms with Crippen LogP contribution in [0.1, 0.15) is 44.1 Å². The van der Waals surface area contributed by atoms with Crippen molar-refractivity contribution in [2.45, 2.75) is 38.5 Å². The van der Waals surface area contributed by atoms with Gasteiger partial charge in [-0.15, -0.1) is 0 Å². The number of hydrogen-bond donors (Lipinski definition) is 2. The molecule has 0 aromatic heterocycles. The highest BCUT2D eigenvalue weighted by Crippen LogP contribution is 2.28. The van der Waals surface area contributed by atoms with Crippen LogP contribution in [0.2, 0.25) is 0 Å². The van der Waals surface area contributed by atoms with Crippen LogP contribution >= 0.6 is 0 Å². The Kier molecular flexibility index (Phi) is 5.37. The summed E-state index contributed by atoms with van der Waals surface area (Å²) in [5, 5.41) is 12.2. The lowest BCUT2D eigenvalue weighted by Gasteiger charge is -2.25. The van der Waals surface area contributed by atoms with Crippen LogP contribution in [0.4, 0.5) is 0 Å². The first-order valence-corrected chi connectivity index (χ1v) is 7.63. The Labute approximate surface area is 125 Å². The number of carboxylic acid groups (broad SMARTS) is 1. The van der Waals surface area contributed by atoms with Crippen molar-refractivity contribution < 1.29 is 14.7 Å². The third-order valence-corrected chi connectivity index (χ3v) is 4.37. The molecule has 1 saturated carbocycles. The van der Waals surface area contributed by atoms with Crippen molar-refractivity contribution in [3.05, 3.63) is 35.9 Å². The third kappa shape index (κ3) is 4.31. The van der Waals surface area contributed by atoms with Gasteiger partial charge in [0.1, 0.15) is 0 Å². The number of rotatable bonds is 5. The number of hydrogen-bond acceptors (Lipinski definition) is 2. The van der Waals surface area contributed by atoms with E-state index in [9.17, 15) is 14.7 Å². The van der Waals surface area contributed by atoms with E-state index in [0.717, 1.165) is 31.2 Å². The molecule has 4 nitrogen and oxygen atoms in total. The maximum atomic E-state index is 12.2. The van der Waals surface area contributed by atoms with Crippen LogP contribution in [0.15, 0.2) is 30.3 Å². The molecule has 1 aliphatic carbocycles. The van der Waals surface area contributed by atoms with Crippen LogP contribution in [0, 0.1) is 11.8 Å².